The molecule has 0 aliphatic carbocycles. The fourth-order valence-corrected chi connectivity index (χ4v) is 2.05. The van der Waals surface area contributed by atoms with Gasteiger partial charge in [0, 0.05) is 17.8 Å². The van der Waals surface area contributed by atoms with Crippen LogP contribution in [0.3, 0.4) is 0 Å². The molecular weight excluding hydrogens is 264 g/mol. The van der Waals surface area contributed by atoms with Gasteiger partial charge in [-0.25, -0.2) is 9.78 Å². The molecule has 0 saturated heterocycles. The molecule has 102 valence electrons. The van der Waals surface area contributed by atoms with E-state index in [1.807, 2.05) is 6.92 Å². The van der Waals surface area contributed by atoms with E-state index in [2.05, 4.69) is 16.2 Å². The predicted octanol–water partition coefficient (Wildman–Crippen LogP) is 1.85. The van der Waals surface area contributed by atoms with Crippen molar-refractivity contribution in [3.05, 3.63) is 16.1 Å². The number of hydrogen-bond donors (Lipinski definition) is 1. The highest BCUT2D eigenvalue weighted by Crippen LogP contribution is 2.11. The van der Waals surface area contributed by atoms with E-state index >= 15 is 0 Å². The average molecular weight is 280 g/mol. The normalized spacial score (nSPS) is 11.4. The number of terminal acetylenes is 1. The molecule has 5 nitrogen and oxygen atoms in total. The van der Waals surface area contributed by atoms with Gasteiger partial charge in [-0.1, -0.05) is 6.92 Å². The maximum Gasteiger partial charge on any atom is 0.367 e. The molecular formula is C13H16N2O3S. The molecule has 1 rings (SSSR count). The quantitative estimate of drug-likeness (QED) is 0.638. The molecule has 1 heterocycles. The highest BCUT2D eigenvalue weighted by atomic mass is 32.1. The third-order valence-electron chi connectivity index (χ3n) is 2.38. The molecule has 1 amide bonds. The molecule has 19 heavy (non-hydrogen) atoms. The number of thiazole rings is 1. The Hall–Kier alpha value is -1.87. The van der Waals surface area contributed by atoms with Gasteiger partial charge in [0.2, 0.25) is 5.01 Å². The Labute approximate surface area is 116 Å². The van der Waals surface area contributed by atoms with E-state index < -0.39 is 5.97 Å². The zero-order valence-corrected chi connectivity index (χ0v) is 11.8. The van der Waals surface area contributed by atoms with Crippen molar-refractivity contribution in [2.24, 2.45) is 0 Å². The Morgan fingerprint density at radius 1 is 1.58 bits per heavy atom. The van der Waals surface area contributed by atoms with Crippen LogP contribution < -0.4 is 5.32 Å². The highest BCUT2D eigenvalue weighted by molar-refractivity contribution is 7.11. The lowest BCUT2D eigenvalue weighted by Crippen LogP contribution is -2.34. The second-order valence-electron chi connectivity index (χ2n) is 3.75. The number of nitrogens with zero attached hydrogens (tertiary/aromatic N) is 1. The van der Waals surface area contributed by atoms with Crippen LogP contribution in [0.5, 0.6) is 0 Å². The molecule has 0 aliphatic heterocycles. The number of carbonyl (C=O) groups excluding carboxylic acids is 2. The van der Waals surface area contributed by atoms with Crippen LogP contribution in [-0.4, -0.2) is 29.5 Å². The summed E-state index contributed by atoms with van der Waals surface area (Å²) in [5.41, 5.74) is 0.212. The highest BCUT2D eigenvalue weighted by Gasteiger charge is 2.18. The van der Waals surface area contributed by atoms with Crippen LogP contribution >= 0.6 is 11.3 Å². The zero-order valence-electron chi connectivity index (χ0n) is 10.9. The SMILES string of the molecule is C#CCC(CC)NC(=O)c1csc(C(=O)OCC)n1. The summed E-state index contributed by atoms with van der Waals surface area (Å²) in [7, 11) is 0. The Balaban J connectivity index is 2.68. The molecule has 0 aliphatic rings. The topological polar surface area (TPSA) is 68.3 Å². The van der Waals surface area contributed by atoms with Crippen LogP contribution in [-0.2, 0) is 4.74 Å². The molecule has 1 atom stereocenters. The van der Waals surface area contributed by atoms with Crippen molar-refractivity contribution in [1.29, 1.82) is 0 Å². The van der Waals surface area contributed by atoms with E-state index in [0.717, 1.165) is 17.8 Å². The van der Waals surface area contributed by atoms with Gasteiger partial charge in [0.15, 0.2) is 0 Å². The summed E-state index contributed by atoms with van der Waals surface area (Å²) in [6, 6.07) is -0.0785. The Kier molecular flexibility index (Phi) is 6.03. The van der Waals surface area contributed by atoms with Gasteiger partial charge in [0.25, 0.3) is 5.91 Å². The maximum atomic E-state index is 11.9. The van der Waals surface area contributed by atoms with Crippen molar-refractivity contribution in [1.82, 2.24) is 10.3 Å². The number of carbonyl (C=O) groups is 2. The molecule has 0 aromatic carbocycles. The summed E-state index contributed by atoms with van der Waals surface area (Å²) in [6.45, 7) is 3.93. The molecule has 0 bridgehead atoms. The minimum atomic E-state index is -0.512. The van der Waals surface area contributed by atoms with E-state index in [0.29, 0.717) is 6.42 Å². The van der Waals surface area contributed by atoms with Gasteiger partial charge in [0.1, 0.15) is 5.69 Å². The molecule has 1 aromatic rings. The summed E-state index contributed by atoms with van der Waals surface area (Å²) in [5, 5.41) is 4.49. The number of ether oxygens (including phenoxy) is 1. The molecule has 1 unspecified atom stereocenters. The van der Waals surface area contributed by atoms with Gasteiger partial charge < -0.3 is 10.1 Å². The summed E-state index contributed by atoms with van der Waals surface area (Å²) < 4.78 is 4.81. The number of esters is 1. The van der Waals surface area contributed by atoms with Crippen LogP contribution in [0.15, 0.2) is 5.38 Å². The minimum Gasteiger partial charge on any atom is -0.461 e. The molecule has 0 spiro atoms. The predicted molar refractivity (Wildman–Crippen MR) is 73.1 cm³/mol. The number of hydrogen-bond acceptors (Lipinski definition) is 5. The van der Waals surface area contributed by atoms with Crippen molar-refractivity contribution in [2.75, 3.05) is 6.61 Å². The van der Waals surface area contributed by atoms with Gasteiger partial charge >= 0.3 is 5.97 Å². The Morgan fingerprint density at radius 2 is 2.32 bits per heavy atom. The third kappa shape index (κ3) is 4.38. The first-order valence-electron chi connectivity index (χ1n) is 5.99. The van der Waals surface area contributed by atoms with E-state index in [9.17, 15) is 9.59 Å². The van der Waals surface area contributed by atoms with E-state index in [1.165, 1.54) is 5.38 Å². The first kappa shape index (κ1) is 15.2. The molecule has 0 fully saturated rings. The number of amides is 1. The number of nitrogens with one attached hydrogen (secondary N) is 1. The fraction of sp³-hybridized carbons (Fsp3) is 0.462. The minimum absolute atomic E-state index is 0.0785. The van der Waals surface area contributed by atoms with E-state index in [4.69, 9.17) is 11.2 Å². The zero-order chi connectivity index (χ0) is 14.3. The van der Waals surface area contributed by atoms with Crippen molar-refractivity contribution >= 4 is 23.2 Å². The van der Waals surface area contributed by atoms with Crippen LogP contribution in [0.2, 0.25) is 0 Å². The van der Waals surface area contributed by atoms with Gasteiger partial charge in [0.05, 0.1) is 6.61 Å². The number of rotatable bonds is 6. The standard InChI is InChI=1S/C13H16N2O3S/c1-4-7-9(5-2)14-11(16)10-8-19-12(15-10)13(17)18-6-3/h1,8-9H,5-7H2,2-3H3,(H,14,16). The largest absolute Gasteiger partial charge is 0.461 e. The molecule has 1 aromatic heterocycles. The van der Waals surface area contributed by atoms with Crippen LogP contribution in [0.4, 0.5) is 0 Å². The van der Waals surface area contributed by atoms with Gasteiger partial charge in [-0.05, 0) is 13.3 Å². The lowest BCUT2D eigenvalue weighted by atomic mass is 10.1. The van der Waals surface area contributed by atoms with E-state index in [-0.39, 0.29) is 29.3 Å². The Bertz CT molecular complexity index is 490. The Morgan fingerprint density at radius 3 is 2.89 bits per heavy atom. The summed E-state index contributed by atoms with van der Waals surface area (Å²) in [5.74, 6) is 1.67. The first-order valence-corrected chi connectivity index (χ1v) is 6.87. The lowest BCUT2D eigenvalue weighted by Gasteiger charge is -2.12. The molecule has 0 radical (unpaired) electrons. The maximum absolute atomic E-state index is 11.9. The first-order chi connectivity index (χ1) is 9.12. The van der Waals surface area contributed by atoms with Crippen LogP contribution in [0.25, 0.3) is 0 Å². The van der Waals surface area contributed by atoms with Crippen molar-refractivity contribution in [2.45, 2.75) is 32.7 Å². The third-order valence-corrected chi connectivity index (χ3v) is 3.20. The molecule has 1 N–H and O–H groups in total. The number of aromatic nitrogens is 1. The van der Waals surface area contributed by atoms with Crippen LogP contribution in [0.1, 0.15) is 47.0 Å². The van der Waals surface area contributed by atoms with Crippen molar-refractivity contribution < 1.29 is 14.3 Å². The van der Waals surface area contributed by atoms with Gasteiger partial charge in [-0.15, -0.1) is 23.7 Å². The van der Waals surface area contributed by atoms with Gasteiger partial charge in [-0.3, -0.25) is 4.79 Å². The summed E-state index contributed by atoms with van der Waals surface area (Å²) in [4.78, 5) is 27.3. The van der Waals surface area contributed by atoms with Gasteiger partial charge in [-0.2, -0.15) is 0 Å². The lowest BCUT2D eigenvalue weighted by molar-refractivity contribution is 0.0526. The average Bonchev–Trinajstić information content (AvgIpc) is 2.88. The van der Waals surface area contributed by atoms with Crippen LogP contribution in [0, 0.1) is 12.3 Å². The second kappa shape index (κ2) is 7.54. The monoisotopic (exact) mass is 280 g/mol. The molecule has 0 saturated carbocycles. The molecule has 6 heteroatoms. The summed E-state index contributed by atoms with van der Waals surface area (Å²) in [6.07, 6.45) is 6.43. The second-order valence-corrected chi connectivity index (χ2v) is 4.60. The van der Waals surface area contributed by atoms with Crippen molar-refractivity contribution in [3.63, 3.8) is 0 Å². The van der Waals surface area contributed by atoms with E-state index in [1.54, 1.807) is 6.92 Å². The van der Waals surface area contributed by atoms with Crippen molar-refractivity contribution in [3.8, 4) is 12.3 Å². The summed E-state index contributed by atoms with van der Waals surface area (Å²) >= 11 is 1.09. The fourth-order valence-electron chi connectivity index (χ4n) is 1.36. The smallest absolute Gasteiger partial charge is 0.367 e.